The predicted octanol–water partition coefficient (Wildman–Crippen LogP) is 5.51. The summed E-state index contributed by atoms with van der Waals surface area (Å²) in [4.78, 5) is 15.5. The van der Waals surface area contributed by atoms with Gasteiger partial charge in [-0.25, -0.2) is 4.98 Å². The number of carbonyl (C=O) groups is 1. The zero-order chi connectivity index (χ0) is 15.8. The molecule has 0 aliphatic rings. The Kier molecular flexibility index (Phi) is 4.75. The van der Waals surface area contributed by atoms with Crippen LogP contribution in [0.15, 0.2) is 39.3 Å². The molecule has 0 fully saturated rings. The summed E-state index contributed by atoms with van der Waals surface area (Å²) in [6.45, 7) is 0. The zero-order valence-corrected chi connectivity index (χ0v) is 13.9. The van der Waals surface area contributed by atoms with E-state index in [9.17, 15) is 18.0 Å². The van der Waals surface area contributed by atoms with Crippen molar-refractivity contribution >= 4 is 49.2 Å². The van der Waals surface area contributed by atoms with Crippen LogP contribution in [0.2, 0.25) is 5.15 Å². The molecule has 110 valence electrons. The van der Waals surface area contributed by atoms with Gasteiger partial charge >= 0.3 is 6.18 Å². The third-order valence-corrected chi connectivity index (χ3v) is 3.71. The standard InChI is InChI=1S/C13H5Br2ClF3NO/c14-7-3-6(4-8(15)5-7)11(21)9-1-2-10(13(17,18)19)20-12(9)16/h1-5H. The first-order valence-corrected chi connectivity index (χ1v) is 7.39. The molecule has 0 spiro atoms. The molecular weight excluding hydrogens is 438 g/mol. The third-order valence-electron chi connectivity index (χ3n) is 2.51. The molecule has 2 aromatic rings. The summed E-state index contributed by atoms with van der Waals surface area (Å²) < 4.78 is 38.8. The molecule has 1 aromatic carbocycles. The first kappa shape index (κ1) is 16.5. The Hall–Kier alpha value is -0.920. The minimum absolute atomic E-state index is 0.0883. The van der Waals surface area contributed by atoms with Crippen molar-refractivity contribution in [3.05, 3.63) is 61.3 Å². The van der Waals surface area contributed by atoms with Gasteiger partial charge in [0.15, 0.2) is 5.78 Å². The van der Waals surface area contributed by atoms with E-state index in [1.807, 2.05) is 0 Å². The van der Waals surface area contributed by atoms with Crippen LogP contribution < -0.4 is 0 Å². The van der Waals surface area contributed by atoms with Crippen LogP contribution in [0.5, 0.6) is 0 Å². The van der Waals surface area contributed by atoms with E-state index >= 15 is 0 Å². The Morgan fingerprint density at radius 3 is 2.14 bits per heavy atom. The lowest BCUT2D eigenvalue weighted by atomic mass is 10.0. The van der Waals surface area contributed by atoms with Gasteiger partial charge in [-0.2, -0.15) is 13.2 Å². The van der Waals surface area contributed by atoms with Crippen LogP contribution in [-0.4, -0.2) is 10.8 Å². The molecule has 0 radical (unpaired) electrons. The second-order valence-corrected chi connectivity index (χ2v) is 6.21. The number of aromatic nitrogens is 1. The second-order valence-electron chi connectivity index (χ2n) is 4.02. The molecule has 2 rings (SSSR count). The van der Waals surface area contributed by atoms with Crippen molar-refractivity contribution in [2.24, 2.45) is 0 Å². The topological polar surface area (TPSA) is 30.0 Å². The number of ketones is 1. The minimum Gasteiger partial charge on any atom is -0.288 e. The summed E-state index contributed by atoms with van der Waals surface area (Å²) in [5, 5.41) is -0.481. The van der Waals surface area contributed by atoms with Crippen LogP contribution in [0.4, 0.5) is 13.2 Å². The molecule has 2 nitrogen and oxygen atoms in total. The lowest BCUT2D eigenvalue weighted by molar-refractivity contribution is -0.141. The van der Waals surface area contributed by atoms with Gasteiger partial charge in [0.25, 0.3) is 0 Å². The number of alkyl halides is 3. The van der Waals surface area contributed by atoms with Crippen LogP contribution in [0.3, 0.4) is 0 Å². The first-order valence-electron chi connectivity index (χ1n) is 5.43. The summed E-state index contributed by atoms with van der Waals surface area (Å²) in [6, 6.07) is 6.56. The fraction of sp³-hybridized carbons (Fsp3) is 0.0769. The quantitative estimate of drug-likeness (QED) is 0.453. The highest BCUT2D eigenvalue weighted by atomic mass is 79.9. The number of nitrogens with zero attached hydrogens (tertiary/aromatic N) is 1. The SMILES string of the molecule is O=C(c1cc(Br)cc(Br)c1)c1ccc(C(F)(F)F)nc1Cl. The van der Waals surface area contributed by atoms with Gasteiger partial charge < -0.3 is 0 Å². The average molecular weight is 443 g/mol. The third kappa shape index (κ3) is 3.84. The van der Waals surface area contributed by atoms with Gasteiger partial charge in [0, 0.05) is 14.5 Å². The number of hydrogen-bond acceptors (Lipinski definition) is 2. The molecule has 8 heteroatoms. The summed E-state index contributed by atoms with van der Waals surface area (Å²) >= 11 is 12.2. The molecule has 0 aliphatic carbocycles. The smallest absolute Gasteiger partial charge is 0.288 e. The van der Waals surface area contributed by atoms with Crippen molar-refractivity contribution in [3.63, 3.8) is 0 Å². The normalized spacial score (nSPS) is 11.5. The largest absolute Gasteiger partial charge is 0.433 e. The number of rotatable bonds is 2. The highest BCUT2D eigenvalue weighted by Crippen LogP contribution is 2.30. The maximum atomic E-state index is 12.5. The minimum atomic E-state index is -4.61. The Morgan fingerprint density at radius 2 is 1.67 bits per heavy atom. The molecule has 1 heterocycles. The molecule has 0 atom stereocenters. The van der Waals surface area contributed by atoms with Gasteiger partial charge in [0.05, 0.1) is 5.56 Å². The monoisotopic (exact) mass is 441 g/mol. The van der Waals surface area contributed by atoms with E-state index in [4.69, 9.17) is 11.6 Å². The second kappa shape index (κ2) is 6.06. The van der Waals surface area contributed by atoms with Crippen molar-refractivity contribution in [1.82, 2.24) is 4.98 Å². The van der Waals surface area contributed by atoms with E-state index < -0.39 is 22.8 Å². The van der Waals surface area contributed by atoms with Crippen molar-refractivity contribution in [1.29, 1.82) is 0 Å². The lowest BCUT2D eigenvalue weighted by Gasteiger charge is -2.09. The van der Waals surface area contributed by atoms with Crippen molar-refractivity contribution < 1.29 is 18.0 Å². The number of pyridine rings is 1. The average Bonchev–Trinajstić information content (AvgIpc) is 2.35. The molecule has 0 unspecified atom stereocenters. The molecule has 1 aromatic heterocycles. The fourth-order valence-corrected chi connectivity index (χ4v) is 3.14. The van der Waals surface area contributed by atoms with Crippen molar-refractivity contribution in [3.8, 4) is 0 Å². The van der Waals surface area contributed by atoms with E-state index in [0.717, 1.165) is 12.1 Å². The molecule has 0 aliphatic heterocycles. The molecule has 0 N–H and O–H groups in total. The fourth-order valence-electron chi connectivity index (χ4n) is 1.60. The number of carbonyl (C=O) groups excluding carboxylic acids is 1. The Balaban J connectivity index is 2.44. The Labute approximate surface area is 139 Å². The van der Waals surface area contributed by atoms with E-state index in [1.54, 1.807) is 18.2 Å². The van der Waals surface area contributed by atoms with Gasteiger partial charge in [-0.05, 0) is 30.3 Å². The highest BCUT2D eigenvalue weighted by molar-refractivity contribution is 9.11. The van der Waals surface area contributed by atoms with E-state index in [-0.39, 0.29) is 11.1 Å². The van der Waals surface area contributed by atoms with Crippen molar-refractivity contribution in [2.45, 2.75) is 6.18 Å². The van der Waals surface area contributed by atoms with E-state index in [1.165, 1.54) is 0 Å². The number of hydrogen-bond donors (Lipinski definition) is 0. The molecule has 0 amide bonds. The summed E-state index contributed by atoms with van der Waals surface area (Å²) in [5.74, 6) is -0.511. The zero-order valence-electron chi connectivity index (χ0n) is 10.0. The van der Waals surface area contributed by atoms with Crippen LogP contribution >= 0.6 is 43.5 Å². The summed E-state index contributed by atoms with van der Waals surface area (Å²) in [6.07, 6.45) is -4.61. The number of halogens is 6. The summed E-state index contributed by atoms with van der Waals surface area (Å²) in [5.41, 5.74) is -0.950. The maximum absolute atomic E-state index is 12.5. The van der Waals surface area contributed by atoms with Gasteiger partial charge in [-0.3, -0.25) is 4.79 Å². The van der Waals surface area contributed by atoms with Gasteiger partial charge in [-0.15, -0.1) is 0 Å². The highest BCUT2D eigenvalue weighted by Gasteiger charge is 2.33. The number of benzene rings is 1. The predicted molar refractivity (Wildman–Crippen MR) is 79.5 cm³/mol. The first-order chi connectivity index (χ1) is 9.68. The molecule has 0 saturated carbocycles. The molecule has 0 bridgehead atoms. The van der Waals surface area contributed by atoms with E-state index in [2.05, 4.69) is 36.8 Å². The van der Waals surface area contributed by atoms with Gasteiger partial charge in [0.2, 0.25) is 0 Å². The molecular formula is C13H5Br2ClF3NO. The maximum Gasteiger partial charge on any atom is 0.433 e. The van der Waals surface area contributed by atoms with Crippen LogP contribution in [0.25, 0.3) is 0 Å². The van der Waals surface area contributed by atoms with E-state index in [0.29, 0.717) is 8.95 Å². The van der Waals surface area contributed by atoms with Crippen LogP contribution in [0.1, 0.15) is 21.6 Å². The lowest BCUT2D eigenvalue weighted by Crippen LogP contribution is -2.11. The molecule has 21 heavy (non-hydrogen) atoms. The Bertz CT molecular complexity index is 699. The van der Waals surface area contributed by atoms with Crippen LogP contribution in [0, 0.1) is 0 Å². The van der Waals surface area contributed by atoms with Gasteiger partial charge in [-0.1, -0.05) is 43.5 Å². The summed E-state index contributed by atoms with van der Waals surface area (Å²) in [7, 11) is 0. The van der Waals surface area contributed by atoms with Gasteiger partial charge in [0.1, 0.15) is 10.8 Å². The van der Waals surface area contributed by atoms with Crippen LogP contribution in [-0.2, 0) is 6.18 Å². The Morgan fingerprint density at radius 1 is 1.10 bits per heavy atom. The van der Waals surface area contributed by atoms with Crippen molar-refractivity contribution in [2.75, 3.05) is 0 Å². The molecule has 0 saturated heterocycles.